The van der Waals surface area contributed by atoms with Gasteiger partial charge in [-0.3, -0.25) is 4.79 Å². The monoisotopic (exact) mass is 242 g/mol. The maximum Gasteiger partial charge on any atom is 0.231 e. The van der Waals surface area contributed by atoms with Crippen molar-refractivity contribution in [1.29, 1.82) is 0 Å². The number of hydrogen-bond acceptors (Lipinski definition) is 3. The molecule has 68 valence electrons. The molecule has 0 aromatic heterocycles. The molecule has 0 amide bonds. The van der Waals surface area contributed by atoms with E-state index in [1.807, 2.05) is 6.92 Å². The molecule has 0 atom stereocenters. The lowest BCUT2D eigenvalue weighted by Gasteiger charge is -2.04. The van der Waals surface area contributed by atoms with Crippen molar-refractivity contribution in [2.45, 2.75) is 6.92 Å². The van der Waals surface area contributed by atoms with E-state index in [0.29, 0.717) is 17.1 Å². The number of aldehydes is 1. The van der Waals surface area contributed by atoms with E-state index in [1.165, 1.54) is 0 Å². The lowest BCUT2D eigenvalue weighted by Crippen LogP contribution is -1.94. The van der Waals surface area contributed by atoms with Crippen LogP contribution in [0, 0.1) is 6.92 Å². The number of rotatable bonds is 1. The first-order chi connectivity index (χ1) is 6.24. The van der Waals surface area contributed by atoms with E-state index < -0.39 is 0 Å². The van der Waals surface area contributed by atoms with E-state index in [-0.39, 0.29) is 6.79 Å². The summed E-state index contributed by atoms with van der Waals surface area (Å²) in [5.41, 5.74) is 1.45. The third-order valence-corrected chi connectivity index (χ3v) is 2.60. The molecule has 0 radical (unpaired) electrons. The molecular formula is C9H7BrO3. The fraction of sp³-hybridized carbons (Fsp3) is 0.222. The van der Waals surface area contributed by atoms with Crippen molar-refractivity contribution in [3.8, 4) is 11.5 Å². The number of fused-ring (bicyclic) bond motifs is 1. The Morgan fingerprint density at radius 3 is 2.85 bits per heavy atom. The van der Waals surface area contributed by atoms with Crippen molar-refractivity contribution in [1.82, 2.24) is 0 Å². The fourth-order valence-corrected chi connectivity index (χ4v) is 1.84. The van der Waals surface area contributed by atoms with Crippen molar-refractivity contribution in [3.05, 3.63) is 21.7 Å². The smallest absolute Gasteiger partial charge is 0.231 e. The van der Waals surface area contributed by atoms with Gasteiger partial charge in [0.1, 0.15) is 6.29 Å². The zero-order chi connectivity index (χ0) is 9.42. The second-order valence-corrected chi connectivity index (χ2v) is 3.61. The number of halogens is 1. The van der Waals surface area contributed by atoms with Gasteiger partial charge in [-0.2, -0.15) is 0 Å². The van der Waals surface area contributed by atoms with Gasteiger partial charge in [0.15, 0.2) is 11.5 Å². The number of benzene rings is 1. The van der Waals surface area contributed by atoms with Gasteiger partial charge < -0.3 is 9.47 Å². The first-order valence-corrected chi connectivity index (χ1v) is 4.57. The van der Waals surface area contributed by atoms with Crippen LogP contribution in [0.15, 0.2) is 10.5 Å². The molecule has 0 saturated heterocycles. The van der Waals surface area contributed by atoms with Crippen molar-refractivity contribution in [2.75, 3.05) is 6.79 Å². The summed E-state index contributed by atoms with van der Waals surface area (Å²) >= 11 is 3.31. The van der Waals surface area contributed by atoms with Gasteiger partial charge in [0.05, 0.1) is 4.47 Å². The van der Waals surface area contributed by atoms with E-state index in [1.54, 1.807) is 6.07 Å². The van der Waals surface area contributed by atoms with E-state index >= 15 is 0 Å². The highest BCUT2D eigenvalue weighted by Gasteiger charge is 2.21. The number of carbonyl (C=O) groups excluding carboxylic acids is 1. The summed E-state index contributed by atoms with van der Waals surface area (Å²) in [6.45, 7) is 2.06. The summed E-state index contributed by atoms with van der Waals surface area (Å²) in [6, 6.07) is 1.73. The molecule has 0 fully saturated rings. The van der Waals surface area contributed by atoms with Crippen molar-refractivity contribution < 1.29 is 14.3 Å². The van der Waals surface area contributed by atoms with Crippen LogP contribution >= 0.6 is 15.9 Å². The molecule has 2 rings (SSSR count). The number of hydrogen-bond donors (Lipinski definition) is 0. The highest BCUT2D eigenvalue weighted by Crippen LogP contribution is 2.42. The van der Waals surface area contributed by atoms with Gasteiger partial charge in [-0.25, -0.2) is 0 Å². The van der Waals surface area contributed by atoms with Gasteiger partial charge in [-0.1, -0.05) is 0 Å². The first kappa shape index (κ1) is 8.56. The third-order valence-electron chi connectivity index (χ3n) is 2.01. The molecule has 3 nitrogen and oxygen atoms in total. The Kier molecular flexibility index (Phi) is 2.00. The van der Waals surface area contributed by atoms with Crippen LogP contribution in [-0.4, -0.2) is 13.1 Å². The molecule has 1 aliphatic rings. The predicted molar refractivity (Wildman–Crippen MR) is 50.4 cm³/mol. The van der Waals surface area contributed by atoms with Crippen LogP contribution in [0.4, 0.5) is 0 Å². The van der Waals surface area contributed by atoms with Crippen LogP contribution in [0.3, 0.4) is 0 Å². The third kappa shape index (κ3) is 1.21. The lowest BCUT2D eigenvalue weighted by molar-refractivity contribution is 0.112. The average molecular weight is 243 g/mol. The molecule has 0 unspecified atom stereocenters. The van der Waals surface area contributed by atoms with Gasteiger partial charge in [0, 0.05) is 11.1 Å². The minimum absolute atomic E-state index is 0.219. The Bertz CT molecular complexity index is 374. The molecule has 1 aromatic rings. The molecule has 0 saturated carbocycles. The molecule has 1 heterocycles. The minimum atomic E-state index is 0.219. The van der Waals surface area contributed by atoms with Crippen LogP contribution < -0.4 is 9.47 Å². The van der Waals surface area contributed by atoms with Gasteiger partial charge in [0.25, 0.3) is 0 Å². The Hall–Kier alpha value is -1.03. The molecule has 1 aromatic carbocycles. The van der Waals surface area contributed by atoms with Crippen LogP contribution in [0.1, 0.15) is 15.9 Å². The molecule has 0 N–H and O–H groups in total. The Labute approximate surface area is 83.8 Å². The van der Waals surface area contributed by atoms with Gasteiger partial charge >= 0.3 is 0 Å². The largest absolute Gasteiger partial charge is 0.453 e. The summed E-state index contributed by atoms with van der Waals surface area (Å²) in [6.07, 6.45) is 0.808. The van der Waals surface area contributed by atoms with E-state index in [0.717, 1.165) is 16.3 Å². The van der Waals surface area contributed by atoms with Crippen molar-refractivity contribution in [2.24, 2.45) is 0 Å². The summed E-state index contributed by atoms with van der Waals surface area (Å²) in [5, 5.41) is 0. The standard InChI is InChI=1S/C9H7BrO3/c1-5-6(3-11)2-7(10)9-8(5)12-4-13-9/h2-3H,4H2,1H3. The molecule has 13 heavy (non-hydrogen) atoms. The molecule has 1 aliphatic heterocycles. The zero-order valence-electron chi connectivity index (χ0n) is 6.96. The maximum atomic E-state index is 10.7. The molecule has 0 bridgehead atoms. The fourth-order valence-electron chi connectivity index (χ4n) is 1.30. The van der Waals surface area contributed by atoms with Crippen LogP contribution in [-0.2, 0) is 0 Å². The van der Waals surface area contributed by atoms with Gasteiger partial charge in [0.2, 0.25) is 6.79 Å². The Morgan fingerprint density at radius 1 is 1.46 bits per heavy atom. The second-order valence-electron chi connectivity index (χ2n) is 2.76. The maximum absolute atomic E-state index is 10.7. The van der Waals surface area contributed by atoms with E-state index in [9.17, 15) is 4.79 Å². The summed E-state index contributed by atoms with van der Waals surface area (Å²) < 4.78 is 11.2. The minimum Gasteiger partial charge on any atom is -0.453 e. The SMILES string of the molecule is Cc1c(C=O)cc(Br)c2c1OCO2. The second kappa shape index (κ2) is 3.03. The summed E-state index contributed by atoms with van der Waals surface area (Å²) in [7, 11) is 0. The quantitative estimate of drug-likeness (QED) is 0.710. The predicted octanol–water partition coefficient (Wildman–Crippen LogP) is 2.30. The Balaban J connectivity index is 2.69. The molecule has 0 aliphatic carbocycles. The summed E-state index contributed by atoms with van der Waals surface area (Å²) in [4.78, 5) is 10.7. The number of ether oxygens (including phenoxy) is 2. The molecular weight excluding hydrogens is 236 g/mol. The lowest BCUT2D eigenvalue weighted by atomic mass is 10.1. The Morgan fingerprint density at radius 2 is 2.15 bits per heavy atom. The highest BCUT2D eigenvalue weighted by atomic mass is 79.9. The van der Waals surface area contributed by atoms with Crippen LogP contribution in [0.2, 0.25) is 0 Å². The van der Waals surface area contributed by atoms with Crippen LogP contribution in [0.5, 0.6) is 11.5 Å². The number of carbonyl (C=O) groups is 1. The van der Waals surface area contributed by atoms with Gasteiger partial charge in [-0.05, 0) is 28.9 Å². The zero-order valence-corrected chi connectivity index (χ0v) is 8.55. The van der Waals surface area contributed by atoms with Crippen molar-refractivity contribution >= 4 is 22.2 Å². The molecule has 4 heteroatoms. The topological polar surface area (TPSA) is 35.5 Å². The van der Waals surface area contributed by atoms with Gasteiger partial charge in [-0.15, -0.1) is 0 Å². The summed E-state index contributed by atoms with van der Waals surface area (Å²) in [5.74, 6) is 1.35. The van der Waals surface area contributed by atoms with E-state index in [4.69, 9.17) is 9.47 Å². The highest BCUT2D eigenvalue weighted by molar-refractivity contribution is 9.10. The van der Waals surface area contributed by atoms with E-state index in [2.05, 4.69) is 15.9 Å². The average Bonchev–Trinajstić information content (AvgIpc) is 2.60. The first-order valence-electron chi connectivity index (χ1n) is 3.78. The van der Waals surface area contributed by atoms with Crippen LogP contribution in [0.25, 0.3) is 0 Å². The van der Waals surface area contributed by atoms with Crippen molar-refractivity contribution in [3.63, 3.8) is 0 Å². The normalized spacial score (nSPS) is 13.1. The molecule has 0 spiro atoms.